The summed E-state index contributed by atoms with van der Waals surface area (Å²) in [4.78, 5) is 34.5. The van der Waals surface area contributed by atoms with E-state index in [1.54, 1.807) is 6.07 Å². The van der Waals surface area contributed by atoms with Crippen LogP contribution in [0, 0.1) is 23.7 Å². The van der Waals surface area contributed by atoms with Gasteiger partial charge in [-0.05, 0) is 36.0 Å². The molecule has 0 heterocycles. The Hall–Kier alpha value is -2.63. The molecule has 2 aliphatic rings. The van der Waals surface area contributed by atoms with Crippen molar-refractivity contribution >= 4 is 23.5 Å². The van der Waals surface area contributed by atoms with Crippen molar-refractivity contribution in [3.8, 4) is 0 Å². The molecule has 2 bridgehead atoms. The first kappa shape index (κ1) is 14.3. The van der Waals surface area contributed by atoms with E-state index >= 15 is 0 Å². The number of carboxylic acid groups (broad SMARTS) is 2. The fourth-order valence-corrected chi connectivity index (χ4v) is 3.45. The molecular formula is C16H13NO5-2. The van der Waals surface area contributed by atoms with Crippen LogP contribution in [0.4, 0.5) is 5.69 Å². The summed E-state index contributed by atoms with van der Waals surface area (Å²) in [6, 6.07) is 5.67. The van der Waals surface area contributed by atoms with Crippen LogP contribution in [0.3, 0.4) is 0 Å². The molecule has 0 radical (unpaired) electrons. The van der Waals surface area contributed by atoms with E-state index in [1.165, 1.54) is 18.2 Å². The Balaban J connectivity index is 1.80. The van der Waals surface area contributed by atoms with Crippen LogP contribution in [0.15, 0.2) is 36.4 Å². The second kappa shape index (κ2) is 5.29. The Labute approximate surface area is 126 Å². The van der Waals surface area contributed by atoms with Crippen molar-refractivity contribution in [3.05, 3.63) is 42.0 Å². The lowest BCUT2D eigenvalue weighted by molar-refractivity contribution is -0.313. The van der Waals surface area contributed by atoms with Crippen molar-refractivity contribution in [2.45, 2.75) is 6.42 Å². The van der Waals surface area contributed by atoms with Crippen molar-refractivity contribution in [1.29, 1.82) is 0 Å². The van der Waals surface area contributed by atoms with E-state index in [0.717, 1.165) is 0 Å². The number of carboxylic acids is 2. The van der Waals surface area contributed by atoms with Crippen molar-refractivity contribution in [1.82, 2.24) is 0 Å². The summed E-state index contributed by atoms with van der Waals surface area (Å²) < 4.78 is 0. The van der Waals surface area contributed by atoms with Gasteiger partial charge in [0.2, 0.25) is 5.91 Å². The zero-order valence-electron chi connectivity index (χ0n) is 11.5. The lowest BCUT2D eigenvalue weighted by Crippen LogP contribution is -2.42. The highest BCUT2D eigenvalue weighted by Crippen LogP contribution is 2.48. The molecule has 22 heavy (non-hydrogen) atoms. The number of carbonyl (C=O) groups is 3. The quantitative estimate of drug-likeness (QED) is 0.730. The summed E-state index contributed by atoms with van der Waals surface area (Å²) in [7, 11) is 0. The van der Waals surface area contributed by atoms with Crippen molar-refractivity contribution in [2.75, 3.05) is 5.32 Å². The number of benzene rings is 1. The van der Waals surface area contributed by atoms with Gasteiger partial charge in [0.25, 0.3) is 0 Å². The number of nitrogens with one attached hydrogen (secondary N) is 1. The maximum Gasteiger partial charge on any atom is 0.228 e. The topological polar surface area (TPSA) is 109 Å². The van der Waals surface area contributed by atoms with Gasteiger partial charge in [-0.15, -0.1) is 0 Å². The van der Waals surface area contributed by atoms with Crippen molar-refractivity contribution < 1.29 is 24.6 Å². The Morgan fingerprint density at radius 3 is 2.36 bits per heavy atom. The number of rotatable bonds is 4. The summed E-state index contributed by atoms with van der Waals surface area (Å²) >= 11 is 0. The molecule has 1 N–H and O–H groups in total. The maximum atomic E-state index is 12.4. The normalized spacial score (nSPS) is 28.5. The number of aliphatic carboxylic acids is 1. The average molecular weight is 299 g/mol. The van der Waals surface area contributed by atoms with Gasteiger partial charge in [0.05, 0.1) is 11.9 Å². The van der Waals surface area contributed by atoms with E-state index < -0.39 is 29.7 Å². The van der Waals surface area contributed by atoms with Crippen molar-refractivity contribution in [3.63, 3.8) is 0 Å². The fourth-order valence-electron chi connectivity index (χ4n) is 3.45. The first-order valence-corrected chi connectivity index (χ1v) is 6.99. The third kappa shape index (κ3) is 2.36. The largest absolute Gasteiger partial charge is 0.550 e. The fraction of sp³-hybridized carbons (Fsp3) is 0.312. The van der Waals surface area contributed by atoms with Crippen LogP contribution in [0.2, 0.25) is 0 Å². The molecule has 1 amide bonds. The molecule has 1 saturated carbocycles. The third-order valence-electron chi connectivity index (χ3n) is 4.40. The summed E-state index contributed by atoms with van der Waals surface area (Å²) in [5, 5.41) is 24.7. The summed E-state index contributed by atoms with van der Waals surface area (Å²) in [6.45, 7) is 0. The molecule has 4 atom stereocenters. The first-order valence-electron chi connectivity index (χ1n) is 6.99. The Bertz CT molecular complexity index is 681. The Morgan fingerprint density at radius 2 is 1.73 bits per heavy atom. The number of carbonyl (C=O) groups excluding carboxylic acids is 3. The number of amides is 1. The Kier molecular flexibility index (Phi) is 3.44. The van der Waals surface area contributed by atoms with Crippen LogP contribution in [0.1, 0.15) is 16.8 Å². The van der Waals surface area contributed by atoms with Gasteiger partial charge in [-0.2, -0.15) is 0 Å². The van der Waals surface area contributed by atoms with Crippen LogP contribution < -0.4 is 15.5 Å². The molecule has 1 aromatic carbocycles. The Morgan fingerprint density at radius 1 is 1.05 bits per heavy atom. The standard InChI is InChI=1S/C16H15NO5/c18-14(17-11-3-1-2-10(7-11)15(19)20)12-8-4-5-9(6-8)13(12)16(21)22/h1-5,7-9,12-13H,6H2,(H,17,18)(H,19,20)(H,21,22)/p-2/t8-,9-,12-,13-/m0/s1. The van der Waals surface area contributed by atoms with Gasteiger partial charge in [0, 0.05) is 17.6 Å². The van der Waals surface area contributed by atoms with Gasteiger partial charge in [-0.1, -0.05) is 24.3 Å². The summed E-state index contributed by atoms with van der Waals surface area (Å²) in [5.74, 6) is -4.79. The second-order valence-corrected chi connectivity index (χ2v) is 5.68. The molecule has 6 heteroatoms. The van der Waals surface area contributed by atoms with Gasteiger partial charge in [0.15, 0.2) is 0 Å². The molecule has 0 unspecified atom stereocenters. The highest BCUT2D eigenvalue weighted by molar-refractivity contribution is 5.97. The molecule has 1 aromatic rings. The van der Waals surface area contributed by atoms with Crippen LogP contribution in [-0.4, -0.2) is 17.8 Å². The highest BCUT2D eigenvalue weighted by atomic mass is 16.4. The number of aromatic carboxylic acids is 1. The predicted molar refractivity (Wildman–Crippen MR) is 72.1 cm³/mol. The van der Waals surface area contributed by atoms with Gasteiger partial charge < -0.3 is 25.1 Å². The lowest BCUT2D eigenvalue weighted by atomic mass is 9.82. The van der Waals surface area contributed by atoms with E-state index in [9.17, 15) is 24.6 Å². The zero-order chi connectivity index (χ0) is 15.9. The van der Waals surface area contributed by atoms with Gasteiger partial charge in [-0.3, -0.25) is 4.79 Å². The lowest BCUT2D eigenvalue weighted by Gasteiger charge is -2.27. The highest BCUT2D eigenvalue weighted by Gasteiger charge is 2.48. The SMILES string of the molecule is O=C([O-])c1cccc(NC(=O)[C@@H]2[C@@H](C(=O)[O-])[C@H]3C=C[C@H]2C3)c1. The first-order chi connectivity index (χ1) is 10.5. The molecule has 6 nitrogen and oxygen atoms in total. The smallest absolute Gasteiger partial charge is 0.228 e. The van der Waals surface area contributed by atoms with Crippen LogP contribution in [0.5, 0.6) is 0 Å². The van der Waals surface area contributed by atoms with E-state index in [2.05, 4.69) is 5.32 Å². The van der Waals surface area contributed by atoms with E-state index in [4.69, 9.17) is 0 Å². The number of allylic oxidation sites excluding steroid dienone is 2. The molecular weight excluding hydrogens is 286 g/mol. The van der Waals surface area contributed by atoms with E-state index in [-0.39, 0.29) is 17.4 Å². The molecule has 114 valence electrons. The maximum absolute atomic E-state index is 12.4. The van der Waals surface area contributed by atoms with Gasteiger partial charge in [-0.25, -0.2) is 0 Å². The third-order valence-corrected chi connectivity index (χ3v) is 4.40. The second-order valence-electron chi connectivity index (χ2n) is 5.68. The number of hydrogen-bond acceptors (Lipinski definition) is 5. The molecule has 1 fully saturated rings. The van der Waals surface area contributed by atoms with Crippen molar-refractivity contribution in [2.24, 2.45) is 23.7 Å². The van der Waals surface area contributed by atoms with Crippen LogP contribution in [-0.2, 0) is 9.59 Å². The monoisotopic (exact) mass is 299 g/mol. The van der Waals surface area contributed by atoms with Gasteiger partial charge >= 0.3 is 0 Å². The zero-order valence-corrected chi connectivity index (χ0v) is 11.5. The molecule has 0 aliphatic heterocycles. The number of anilines is 1. The summed E-state index contributed by atoms with van der Waals surface area (Å²) in [5.41, 5.74) is 0.248. The van der Waals surface area contributed by atoms with Crippen LogP contribution in [0.25, 0.3) is 0 Å². The number of hydrogen-bond donors (Lipinski definition) is 1. The van der Waals surface area contributed by atoms with E-state index in [0.29, 0.717) is 12.1 Å². The molecule has 0 saturated heterocycles. The summed E-state index contributed by atoms with van der Waals surface area (Å²) in [6.07, 6.45) is 4.33. The van der Waals surface area contributed by atoms with E-state index in [1.807, 2.05) is 12.2 Å². The minimum absolute atomic E-state index is 0.0536. The number of fused-ring (bicyclic) bond motifs is 2. The van der Waals surface area contributed by atoms with Crippen LogP contribution >= 0.6 is 0 Å². The molecule has 0 aromatic heterocycles. The minimum atomic E-state index is -1.34. The minimum Gasteiger partial charge on any atom is -0.550 e. The molecule has 0 spiro atoms. The molecule has 2 aliphatic carbocycles. The molecule has 3 rings (SSSR count). The average Bonchev–Trinajstić information content (AvgIpc) is 3.07. The predicted octanol–water partition coefficient (Wildman–Crippen LogP) is -0.823. The van der Waals surface area contributed by atoms with Gasteiger partial charge in [0.1, 0.15) is 0 Å².